The van der Waals surface area contributed by atoms with E-state index in [1.165, 1.54) is 0 Å². The molecule has 5 nitrogen and oxygen atoms in total. The zero-order valence-corrected chi connectivity index (χ0v) is 10.7. The molecule has 0 aromatic heterocycles. The Balaban J connectivity index is 2.89. The number of amides is 2. The maximum atomic E-state index is 11.3. The minimum absolute atomic E-state index is 0.408. The number of anilines is 1. The van der Waals surface area contributed by atoms with Gasteiger partial charge in [-0.05, 0) is 24.6 Å². The highest BCUT2D eigenvalue weighted by Gasteiger charge is 2.09. The number of guanidine groups is 1. The largest absolute Gasteiger partial charge is 0.370 e. The van der Waals surface area contributed by atoms with Gasteiger partial charge in [0.1, 0.15) is 0 Å². The quantitative estimate of drug-likeness (QED) is 0.474. The first-order valence-corrected chi connectivity index (χ1v) is 5.45. The van der Waals surface area contributed by atoms with Crippen molar-refractivity contribution in [2.24, 2.45) is 5.73 Å². The standard InChI is InChI=1S/C9H10BrClN4O/c1-4-2-5(10)3-6(11)7(4)14-9(16)15-8(12)13/h2-3H,1H3,(H5,12,13,14,15,16). The second-order valence-electron chi connectivity index (χ2n) is 3.07. The van der Waals surface area contributed by atoms with Crippen molar-refractivity contribution < 1.29 is 4.79 Å². The Hall–Kier alpha value is -1.27. The van der Waals surface area contributed by atoms with Gasteiger partial charge in [0.2, 0.25) is 0 Å². The first-order valence-electron chi connectivity index (χ1n) is 4.28. The number of aryl methyl sites for hydroxylation is 1. The third-order valence-electron chi connectivity index (χ3n) is 1.74. The molecule has 0 saturated carbocycles. The van der Waals surface area contributed by atoms with Crippen molar-refractivity contribution in [1.29, 1.82) is 5.41 Å². The molecule has 16 heavy (non-hydrogen) atoms. The maximum absolute atomic E-state index is 11.3. The number of urea groups is 1. The fourth-order valence-electron chi connectivity index (χ4n) is 1.13. The number of carbonyl (C=O) groups is 1. The summed E-state index contributed by atoms with van der Waals surface area (Å²) in [6.07, 6.45) is 0. The minimum atomic E-state index is -0.597. The number of benzene rings is 1. The van der Waals surface area contributed by atoms with Gasteiger partial charge in [-0.3, -0.25) is 10.7 Å². The molecule has 86 valence electrons. The molecular formula is C9H10BrClN4O. The maximum Gasteiger partial charge on any atom is 0.326 e. The van der Waals surface area contributed by atoms with Crippen LogP contribution < -0.4 is 16.4 Å². The van der Waals surface area contributed by atoms with Gasteiger partial charge in [-0.1, -0.05) is 27.5 Å². The first-order chi connectivity index (χ1) is 7.40. The van der Waals surface area contributed by atoms with Gasteiger partial charge in [-0.15, -0.1) is 0 Å². The predicted molar refractivity (Wildman–Crippen MR) is 68.0 cm³/mol. The molecule has 5 N–H and O–H groups in total. The molecule has 0 saturated heterocycles. The average Bonchev–Trinajstić information content (AvgIpc) is 2.09. The van der Waals surface area contributed by atoms with Gasteiger partial charge in [0.05, 0.1) is 10.7 Å². The number of hydrogen-bond acceptors (Lipinski definition) is 2. The van der Waals surface area contributed by atoms with Gasteiger partial charge in [-0.25, -0.2) is 4.79 Å². The Labute approximate surface area is 106 Å². The van der Waals surface area contributed by atoms with Crippen LogP contribution in [0.25, 0.3) is 0 Å². The van der Waals surface area contributed by atoms with Crippen molar-refractivity contribution in [3.8, 4) is 0 Å². The molecule has 0 fully saturated rings. The van der Waals surface area contributed by atoms with E-state index in [1.54, 1.807) is 13.0 Å². The Morgan fingerprint density at radius 3 is 2.69 bits per heavy atom. The molecule has 1 rings (SSSR count). The molecule has 1 aromatic rings. The van der Waals surface area contributed by atoms with E-state index in [-0.39, 0.29) is 0 Å². The van der Waals surface area contributed by atoms with Crippen LogP contribution in [0.1, 0.15) is 5.56 Å². The third kappa shape index (κ3) is 3.39. The molecule has 0 aliphatic heterocycles. The van der Waals surface area contributed by atoms with Gasteiger partial charge in [0, 0.05) is 4.47 Å². The molecular weight excluding hydrogens is 295 g/mol. The van der Waals surface area contributed by atoms with Gasteiger partial charge in [0.15, 0.2) is 5.96 Å². The lowest BCUT2D eigenvalue weighted by Gasteiger charge is -2.11. The molecule has 0 radical (unpaired) electrons. The molecule has 0 bridgehead atoms. The summed E-state index contributed by atoms with van der Waals surface area (Å²) in [4.78, 5) is 11.3. The van der Waals surface area contributed by atoms with Crippen LogP contribution in [0, 0.1) is 12.3 Å². The van der Waals surface area contributed by atoms with Crippen LogP contribution in [-0.2, 0) is 0 Å². The van der Waals surface area contributed by atoms with Crippen LogP contribution in [-0.4, -0.2) is 12.0 Å². The molecule has 1 aromatic carbocycles. The van der Waals surface area contributed by atoms with Gasteiger partial charge >= 0.3 is 6.03 Å². The molecule has 0 unspecified atom stereocenters. The fourth-order valence-corrected chi connectivity index (χ4v) is 2.15. The Bertz CT molecular complexity index is 426. The molecule has 0 atom stereocenters. The smallest absolute Gasteiger partial charge is 0.326 e. The third-order valence-corrected chi connectivity index (χ3v) is 2.49. The van der Waals surface area contributed by atoms with E-state index in [9.17, 15) is 4.79 Å². The lowest BCUT2D eigenvalue weighted by molar-refractivity contribution is 0.256. The lowest BCUT2D eigenvalue weighted by atomic mass is 10.2. The summed E-state index contributed by atoms with van der Waals surface area (Å²) in [5.41, 5.74) is 6.31. The second-order valence-corrected chi connectivity index (χ2v) is 4.40. The van der Waals surface area contributed by atoms with Crippen molar-refractivity contribution in [2.75, 3.05) is 5.32 Å². The average molecular weight is 306 g/mol. The van der Waals surface area contributed by atoms with Crippen LogP contribution >= 0.6 is 27.5 Å². The highest BCUT2D eigenvalue weighted by Crippen LogP contribution is 2.29. The number of nitrogens with one attached hydrogen (secondary N) is 3. The summed E-state index contributed by atoms with van der Waals surface area (Å²) in [5.74, 6) is -0.427. The monoisotopic (exact) mass is 304 g/mol. The summed E-state index contributed by atoms with van der Waals surface area (Å²) in [6.45, 7) is 1.81. The molecule has 7 heteroatoms. The van der Waals surface area contributed by atoms with Crippen LogP contribution in [0.15, 0.2) is 16.6 Å². The van der Waals surface area contributed by atoms with Crippen LogP contribution in [0.2, 0.25) is 5.02 Å². The van der Waals surface area contributed by atoms with Crippen molar-refractivity contribution in [3.63, 3.8) is 0 Å². The van der Waals surface area contributed by atoms with E-state index in [0.29, 0.717) is 10.7 Å². The van der Waals surface area contributed by atoms with E-state index >= 15 is 0 Å². The summed E-state index contributed by atoms with van der Waals surface area (Å²) in [6, 6.07) is 2.88. The molecule has 0 aliphatic carbocycles. The first kappa shape index (κ1) is 12.8. The van der Waals surface area contributed by atoms with E-state index in [1.807, 2.05) is 6.07 Å². The van der Waals surface area contributed by atoms with Gasteiger partial charge < -0.3 is 11.1 Å². The molecule has 0 spiro atoms. The van der Waals surface area contributed by atoms with Crippen molar-refractivity contribution in [2.45, 2.75) is 6.92 Å². The second kappa shape index (κ2) is 5.18. The van der Waals surface area contributed by atoms with E-state index in [0.717, 1.165) is 10.0 Å². The summed E-state index contributed by atoms with van der Waals surface area (Å²) < 4.78 is 0.826. The zero-order chi connectivity index (χ0) is 12.3. The summed E-state index contributed by atoms with van der Waals surface area (Å²) >= 11 is 9.24. The topological polar surface area (TPSA) is 91.0 Å². The molecule has 0 aliphatic rings. The Morgan fingerprint density at radius 1 is 1.56 bits per heavy atom. The van der Waals surface area contributed by atoms with E-state index < -0.39 is 12.0 Å². The number of halogens is 2. The number of hydrogen-bond donors (Lipinski definition) is 4. The number of rotatable bonds is 1. The Kier molecular flexibility index (Phi) is 4.14. The highest BCUT2D eigenvalue weighted by atomic mass is 79.9. The zero-order valence-electron chi connectivity index (χ0n) is 8.40. The minimum Gasteiger partial charge on any atom is -0.370 e. The van der Waals surface area contributed by atoms with E-state index in [4.69, 9.17) is 22.7 Å². The fraction of sp³-hybridized carbons (Fsp3) is 0.111. The predicted octanol–water partition coefficient (Wildman–Crippen LogP) is 2.43. The number of carbonyl (C=O) groups excluding carboxylic acids is 1. The molecule has 0 heterocycles. The summed E-state index contributed by atoms with van der Waals surface area (Å²) in [5, 5.41) is 11.9. The van der Waals surface area contributed by atoms with Crippen molar-refractivity contribution in [3.05, 3.63) is 27.2 Å². The van der Waals surface area contributed by atoms with Crippen LogP contribution in [0.4, 0.5) is 10.5 Å². The highest BCUT2D eigenvalue weighted by molar-refractivity contribution is 9.10. The van der Waals surface area contributed by atoms with Crippen molar-refractivity contribution >= 4 is 45.2 Å². The van der Waals surface area contributed by atoms with Crippen LogP contribution in [0.3, 0.4) is 0 Å². The van der Waals surface area contributed by atoms with Gasteiger partial charge in [-0.2, -0.15) is 0 Å². The number of nitrogens with two attached hydrogens (primary N) is 1. The normalized spacial score (nSPS) is 9.69. The SMILES string of the molecule is Cc1cc(Br)cc(Cl)c1NC(=O)NC(=N)N. The molecule has 2 amide bonds. The summed E-state index contributed by atoms with van der Waals surface area (Å²) in [7, 11) is 0. The van der Waals surface area contributed by atoms with E-state index in [2.05, 4.69) is 26.6 Å². The van der Waals surface area contributed by atoms with Gasteiger partial charge in [0.25, 0.3) is 0 Å². The van der Waals surface area contributed by atoms with Crippen molar-refractivity contribution in [1.82, 2.24) is 5.32 Å². The Morgan fingerprint density at radius 2 is 2.19 bits per heavy atom. The lowest BCUT2D eigenvalue weighted by Crippen LogP contribution is -2.38. The van der Waals surface area contributed by atoms with Crippen LogP contribution in [0.5, 0.6) is 0 Å².